The molecule has 0 spiro atoms. The van der Waals surface area contributed by atoms with E-state index >= 15 is 0 Å². The van der Waals surface area contributed by atoms with Gasteiger partial charge in [-0.2, -0.15) is 0 Å². The van der Waals surface area contributed by atoms with Crippen molar-refractivity contribution in [2.45, 2.75) is 18.1 Å². The first-order valence-electron chi connectivity index (χ1n) is 6.90. The second-order valence-electron chi connectivity index (χ2n) is 5.10. The smallest absolute Gasteiger partial charge is 0.157 e. The molecule has 0 fully saturated rings. The molecule has 2 rings (SSSR count). The third kappa shape index (κ3) is 4.88. The third-order valence-corrected chi connectivity index (χ3v) is 4.34. The predicted molar refractivity (Wildman–Crippen MR) is 84.9 cm³/mol. The molecule has 0 amide bonds. The molecule has 0 radical (unpaired) electrons. The highest BCUT2D eigenvalue weighted by atomic mass is 32.2. The van der Waals surface area contributed by atoms with Gasteiger partial charge in [0.25, 0.3) is 0 Å². The fourth-order valence-corrected chi connectivity index (χ4v) is 3.11. The minimum atomic E-state index is 0.491. The van der Waals surface area contributed by atoms with E-state index < -0.39 is 0 Å². The first-order chi connectivity index (χ1) is 9.25. The molecule has 0 saturated carbocycles. The normalized spacial score (nSPS) is 18.7. The van der Waals surface area contributed by atoms with Crippen molar-refractivity contribution in [2.75, 3.05) is 33.7 Å². The largest absolute Gasteiger partial charge is 0.365 e. The Morgan fingerprint density at radius 1 is 1.26 bits per heavy atom. The SMILES string of the molecule is CN(C)CCCCNC1=NCC(c2ccccc2)S1. The summed E-state index contributed by atoms with van der Waals surface area (Å²) in [5, 5.41) is 5.05. The quantitative estimate of drug-likeness (QED) is 0.810. The summed E-state index contributed by atoms with van der Waals surface area (Å²) in [6.07, 6.45) is 2.44. The van der Waals surface area contributed by atoms with Crippen molar-refractivity contribution in [2.24, 2.45) is 4.99 Å². The Balaban J connectivity index is 1.65. The second kappa shape index (κ2) is 7.56. The van der Waals surface area contributed by atoms with Gasteiger partial charge in [-0.1, -0.05) is 42.1 Å². The first-order valence-corrected chi connectivity index (χ1v) is 7.78. The molecule has 0 saturated heterocycles. The van der Waals surface area contributed by atoms with Crippen LogP contribution in [0.25, 0.3) is 0 Å². The van der Waals surface area contributed by atoms with Crippen LogP contribution in [0.4, 0.5) is 0 Å². The summed E-state index contributed by atoms with van der Waals surface area (Å²) in [4.78, 5) is 6.81. The van der Waals surface area contributed by atoms with Crippen molar-refractivity contribution in [1.82, 2.24) is 10.2 Å². The van der Waals surface area contributed by atoms with Crippen LogP contribution in [0.3, 0.4) is 0 Å². The van der Waals surface area contributed by atoms with E-state index in [4.69, 9.17) is 0 Å². The minimum Gasteiger partial charge on any atom is -0.365 e. The number of hydrogen-bond acceptors (Lipinski definition) is 4. The number of unbranched alkanes of at least 4 members (excludes halogenated alkanes) is 1. The average Bonchev–Trinajstić information content (AvgIpc) is 2.88. The summed E-state index contributed by atoms with van der Waals surface area (Å²) < 4.78 is 0. The van der Waals surface area contributed by atoms with Crippen LogP contribution >= 0.6 is 11.8 Å². The molecule has 0 aromatic heterocycles. The van der Waals surface area contributed by atoms with Gasteiger partial charge < -0.3 is 10.2 Å². The molecule has 1 aliphatic rings. The van der Waals surface area contributed by atoms with E-state index in [-0.39, 0.29) is 0 Å². The summed E-state index contributed by atoms with van der Waals surface area (Å²) in [6, 6.07) is 10.6. The Kier molecular flexibility index (Phi) is 5.73. The second-order valence-corrected chi connectivity index (χ2v) is 6.29. The summed E-state index contributed by atoms with van der Waals surface area (Å²) >= 11 is 1.86. The monoisotopic (exact) mass is 277 g/mol. The number of nitrogens with one attached hydrogen (secondary N) is 1. The van der Waals surface area contributed by atoms with E-state index in [1.807, 2.05) is 11.8 Å². The van der Waals surface area contributed by atoms with Crippen LogP contribution in [0, 0.1) is 0 Å². The number of amidine groups is 1. The number of rotatable bonds is 6. The van der Waals surface area contributed by atoms with Gasteiger partial charge in [-0.05, 0) is 39.0 Å². The molecular formula is C15H23N3S. The summed E-state index contributed by atoms with van der Waals surface area (Å²) in [6.45, 7) is 3.09. The van der Waals surface area contributed by atoms with E-state index in [1.165, 1.54) is 18.4 Å². The molecule has 1 heterocycles. The van der Waals surface area contributed by atoms with E-state index in [2.05, 4.69) is 59.6 Å². The Morgan fingerprint density at radius 2 is 2.05 bits per heavy atom. The molecule has 1 atom stereocenters. The van der Waals surface area contributed by atoms with Crippen molar-refractivity contribution in [3.8, 4) is 0 Å². The highest BCUT2D eigenvalue weighted by Gasteiger charge is 2.20. The average molecular weight is 277 g/mol. The van der Waals surface area contributed by atoms with Gasteiger partial charge in [0.1, 0.15) is 0 Å². The Hall–Kier alpha value is -1.00. The van der Waals surface area contributed by atoms with Crippen molar-refractivity contribution in [1.29, 1.82) is 0 Å². The zero-order valence-electron chi connectivity index (χ0n) is 11.8. The maximum Gasteiger partial charge on any atom is 0.157 e. The van der Waals surface area contributed by atoms with Crippen molar-refractivity contribution < 1.29 is 0 Å². The van der Waals surface area contributed by atoms with Gasteiger partial charge in [0.05, 0.1) is 11.8 Å². The third-order valence-electron chi connectivity index (χ3n) is 3.13. The molecule has 1 unspecified atom stereocenters. The molecule has 0 aliphatic carbocycles. The van der Waals surface area contributed by atoms with Crippen molar-refractivity contribution in [3.05, 3.63) is 35.9 Å². The Labute approximate surface area is 120 Å². The molecule has 104 valence electrons. The van der Waals surface area contributed by atoms with E-state index in [1.54, 1.807) is 0 Å². The highest BCUT2D eigenvalue weighted by molar-refractivity contribution is 8.14. The Bertz CT molecular complexity index is 403. The number of benzene rings is 1. The summed E-state index contributed by atoms with van der Waals surface area (Å²) in [7, 11) is 4.24. The van der Waals surface area contributed by atoms with Crippen LogP contribution in [0.15, 0.2) is 35.3 Å². The molecular weight excluding hydrogens is 254 g/mol. The van der Waals surface area contributed by atoms with Crippen LogP contribution in [-0.2, 0) is 0 Å². The molecule has 1 aromatic carbocycles. The topological polar surface area (TPSA) is 27.6 Å². The molecule has 3 nitrogen and oxygen atoms in total. The Morgan fingerprint density at radius 3 is 2.79 bits per heavy atom. The number of thioether (sulfide) groups is 1. The number of nitrogens with zero attached hydrogens (tertiary/aromatic N) is 2. The van der Waals surface area contributed by atoms with Crippen LogP contribution in [0.1, 0.15) is 23.7 Å². The zero-order chi connectivity index (χ0) is 13.5. The van der Waals surface area contributed by atoms with Crippen molar-refractivity contribution >= 4 is 16.9 Å². The number of aliphatic imine (C=N–C) groups is 1. The van der Waals surface area contributed by atoms with Gasteiger partial charge in [0, 0.05) is 6.54 Å². The van der Waals surface area contributed by atoms with E-state index in [0.29, 0.717) is 5.25 Å². The van der Waals surface area contributed by atoms with Gasteiger partial charge >= 0.3 is 0 Å². The predicted octanol–water partition coefficient (Wildman–Crippen LogP) is 2.76. The van der Waals surface area contributed by atoms with E-state index in [0.717, 1.165) is 24.8 Å². The molecule has 1 aromatic rings. The summed E-state index contributed by atoms with van der Waals surface area (Å²) in [5.74, 6) is 0. The van der Waals surface area contributed by atoms with Crippen LogP contribution in [0.2, 0.25) is 0 Å². The number of hydrogen-bond donors (Lipinski definition) is 1. The van der Waals surface area contributed by atoms with E-state index in [9.17, 15) is 0 Å². The lowest BCUT2D eigenvalue weighted by atomic mass is 10.1. The first kappa shape index (κ1) is 14.4. The highest BCUT2D eigenvalue weighted by Crippen LogP contribution is 2.33. The molecule has 1 N–H and O–H groups in total. The maximum absolute atomic E-state index is 4.58. The summed E-state index contributed by atoms with van der Waals surface area (Å²) in [5.41, 5.74) is 1.38. The standard InChI is InChI=1S/C15H23N3S/c1-18(2)11-7-6-10-16-15-17-12-14(19-15)13-8-4-3-5-9-13/h3-5,8-9,14H,6-7,10-12H2,1-2H3,(H,16,17). The van der Waals surface area contributed by atoms with Gasteiger partial charge in [0.15, 0.2) is 5.17 Å². The lowest BCUT2D eigenvalue weighted by molar-refractivity contribution is 0.394. The molecule has 19 heavy (non-hydrogen) atoms. The maximum atomic E-state index is 4.58. The molecule has 4 heteroatoms. The fourth-order valence-electron chi connectivity index (χ4n) is 2.06. The van der Waals surface area contributed by atoms with Crippen LogP contribution < -0.4 is 5.32 Å². The van der Waals surface area contributed by atoms with Gasteiger partial charge in [-0.25, -0.2) is 0 Å². The fraction of sp³-hybridized carbons (Fsp3) is 0.533. The lowest BCUT2D eigenvalue weighted by Crippen LogP contribution is -2.21. The molecule has 0 bridgehead atoms. The zero-order valence-corrected chi connectivity index (χ0v) is 12.6. The van der Waals surface area contributed by atoms with Crippen LogP contribution in [-0.4, -0.2) is 43.8 Å². The lowest BCUT2D eigenvalue weighted by Gasteiger charge is -2.11. The molecule has 1 aliphatic heterocycles. The van der Waals surface area contributed by atoms with Gasteiger partial charge in [-0.3, -0.25) is 4.99 Å². The van der Waals surface area contributed by atoms with Crippen molar-refractivity contribution in [3.63, 3.8) is 0 Å². The van der Waals surface area contributed by atoms with Gasteiger partial charge in [0.2, 0.25) is 0 Å². The van der Waals surface area contributed by atoms with Gasteiger partial charge in [-0.15, -0.1) is 0 Å². The van der Waals surface area contributed by atoms with Crippen LogP contribution in [0.5, 0.6) is 0 Å². The minimum absolute atomic E-state index is 0.491.